The van der Waals surface area contributed by atoms with E-state index in [1.807, 2.05) is 4.90 Å². The van der Waals surface area contributed by atoms with Crippen LogP contribution in [0.1, 0.15) is 30.1 Å². The van der Waals surface area contributed by atoms with Crippen molar-refractivity contribution in [1.82, 2.24) is 4.98 Å². The number of pyridine rings is 1. The summed E-state index contributed by atoms with van der Waals surface area (Å²) in [5.41, 5.74) is -0.542. The predicted molar refractivity (Wildman–Crippen MR) is 68.3 cm³/mol. The number of piperidine rings is 1. The summed E-state index contributed by atoms with van der Waals surface area (Å²) in [6, 6.07) is 2.92. The first kappa shape index (κ1) is 13.1. The van der Waals surface area contributed by atoms with E-state index in [2.05, 4.69) is 4.98 Å². The third kappa shape index (κ3) is 2.73. The smallest absolute Gasteiger partial charge is 0.339 e. The molecule has 2 rings (SSSR count). The van der Waals surface area contributed by atoms with Crippen molar-refractivity contribution in [3.63, 3.8) is 0 Å². The topological polar surface area (TPSA) is 73.7 Å². The van der Waals surface area contributed by atoms with E-state index in [4.69, 9.17) is 16.7 Å². The lowest BCUT2D eigenvalue weighted by molar-refractivity contribution is 0.0350. The summed E-state index contributed by atoms with van der Waals surface area (Å²) in [6.07, 6.45) is 1.17. The number of halogens is 1. The molecule has 2 heterocycles. The van der Waals surface area contributed by atoms with Crippen molar-refractivity contribution < 1.29 is 15.0 Å². The molecule has 0 radical (unpaired) electrons. The number of hydrogen-bond donors (Lipinski definition) is 2. The van der Waals surface area contributed by atoms with Gasteiger partial charge in [0, 0.05) is 13.1 Å². The van der Waals surface area contributed by atoms with Crippen LogP contribution in [0.5, 0.6) is 0 Å². The van der Waals surface area contributed by atoms with Gasteiger partial charge < -0.3 is 15.1 Å². The van der Waals surface area contributed by atoms with E-state index in [9.17, 15) is 9.90 Å². The van der Waals surface area contributed by atoms with Gasteiger partial charge in [-0.3, -0.25) is 0 Å². The molecule has 18 heavy (non-hydrogen) atoms. The van der Waals surface area contributed by atoms with Crippen LogP contribution in [0.25, 0.3) is 0 Å². The monoisotopic (exact) mass is 270 g/mol. The first-order valence-corrected chi connectivity index (χ1v) is 6.14. The van der Waals surface area contributed by atoms with E-state index in [-0.39, 0.29) is 10.7 Å². The van der Waals surface area contributed by atoms with Gasteiger partial charge in [-0.2, -0.15) is 0 Å². The lowest BCUT2D eigenvalue weighted by Gasteiger charge is -2.36. The third-order valence-corrected chi connectivity index (χ3v) is 3.42. The second-order valence-electron chi connectivity index (χ2n) is 4.79. The molecule has 1 fully saturated rings. The van der Waals surface area contributed by atoms with Crippen molar-refractivity contribution in [3.05, 3.63) is 22.8 Å². The fraction of sp³-hybridized carbons (Fsp3) is 0.500. The number of anilines is 1. The van der Waals surface area contributed by atoms with E-state index in [0.29, 0.717) is 31.7 Å². The molecule has 0 saturated carbocycles. The van der Waals surface area contributed by atoms with Crippen molar-refractivity contribution in [1.29, 1.82) is 0 Å². The summed E-state index contributed by atoms with van der Waals surface area (Å²) in [7, 11) is 0. The van der Waals surface area contributed by atoms with Gasteiger partial charge in [0.2, 0.25) is 0 Å². The van der Waals surface area contributed by atoms with Crippen molar-refractivity contribution >= 4 is 23.4 Å². The largest absolute Gasteiger partial charge is 0.478 e. The molecule has 0 unspecified atom stereocenters. The summed E-state index contributed by atoms with van der Waals surface area (Å²) in [5, 5.41) is 19.3. The molecule has 0 bridgehead atoms. The van der Waals surface area contributed by atoms with E-state index in [1.165, 1.54) is 12.1 Å². The molecule has 0 atom stereocenters. The Kier molecular flexibility index (Phi) is 3.45. The molecular formula is C12H15ClN2O3. The van der Waals surface area contributed by atoms with Gasteiger partial charge in [0.25, 0.3) is 0 Å². The molecule has 1 aromatic heterocycles. The SMILES string of the molecule is CC1(O)CCN(c2nc(Cl)ccc2C(=O)O)CC1. The summed E-state index contributed by atoms with van der Waals surface area (Å²) >= 11 is 5.82. The number of carboxylic acids is 1. The van der Waals surface area contributed by atoms with Gasteiger partial charge in [0.1, 0.15) is 16.5 Å². The number of hydrogen-bond acceptors (Lipinski definition) is 4. The summed E-state index contributed by atoms with van der Waals surface area (Å²) in [6.45, 7) is 2.93. The molecule has 2 N–H and O–H groups in total. The van der Waals surface area contributed by atoms with E-state index in [0.717, 1.165) is 0 Å². The second kappa shape index (κ2) is 4.74. The highest BCUT2D eigenvalue weighted by atomic mass is 35.5. The number of carboxylic acid groups (broad SMARTS) is 1. The van der Waals surface area contributed by atoms with Crippen LogP contribution >= 0.6 is 11.6 Å². The molecule has 1 aliphatic rings. The van der Waals surface area contributed by atoms with Crippen LogP contribution in [-0.2, 0) is 0 Å². The fourth-order valence-corrected chi connectivity index (χ4v) is 2.18. The zero-order chi connectivity index (χ0) is 13.3. The molecular weight excluding hydrogens is 256 g/mol. The van der Waals surface area contributed by atoms with Gasteiger partial charge in [-0.25, -0.2) is 9.78 Å². The van der Waals surface area contributed by atoms with E-state index in [1.54, 1.807) is 6.92 Å². The molecule has 0 spiro atoms. The molecule has 6 heteroatoms. The quantitative estimate of drug-likeness (QED) is 0.802. The first-order chi connectivity index (χ1) is 8.39. The standard InChI is InChI=1S/C12H15ClN2O3/c1-12(18)4-6-15(7-5-12)10-8(11(16)17)2-3-9(13)14-10/h2-3,18H,4-7H2,1H3,(H,16,17). The number of aromatic carboxylic acids is 1. The van der Waals surface area contributed by atoms with Crippen LogP contribution in [0.2, 0.25) is 5.15 Å². The normalized spacial score (nSPS) is 18.7. The molecule has 0 aromatic carbocycles. The number of aromatic nitrogens is 1. The van der Waals surface area contributed by atoms with E-state index >= 15 is 0 Å². The maximum Gasteiger partial charge on any atom is 0.339 e. The maximum atomic E-state index is 11.1. The minimum Gasteiger partial charge on any atom is -0.478 e. The number of aliphatic hydroxyl groups is 1. The van der Waals surface area contributed by atoms with Gasteiger partial charge in [-0.1, -0.05) is 11.6 Å². The van der Waals surface area contributed by atoms with Gasteiger partial charge in [0.05, 0.1) is 5.60 Å². The van der Waals surface area contributed by atoms with Crippen LogP contribution in [0, 0.1) is 0 Å². The van der Waals surface area contributed by atoms with Crippen LogP contribution in [0.3, 0.4) is 0 Å². The van der Waals surface area contributed by atoms with Crippen LogP contribution in [0.15, 0.2) is 12.1 Å². The summed E-state index contributed by atoms with van der Waals surface area (Å²) < 4.78 is 0. The molecule has 1 aromatic rings. The van der Waals surface area contributed by atoms with Gasteiger partial charge in [-0.05, 0) is 31.9 Å². The summed E-state index contributed by atoms with van der Waals surface area (Å²) in [4.78, 5) is 17.1. The fourth-order valence-electron chi connectivity index (χ4n) is 2.03. The molecule has 5 nitrogen and oxygen atoms in total. The zero-order valence-electron chi connectivity index (χ0n) is 10.1. The highest BCUT2D eigenvalue weighted by molar-refractivity contribution is 6.29. The maximum absolute atomic E-state index is 11.1. The Morgan fingerprint density at radius 3 is 2.61 bits per heavy atom. The lowest BCUT2D eigenvalue weighted by atomic mass is 9.93. The molecule has 1 aliphatic heterocycles. The summed E-state index contributed by atoms with van der Waals surface area (Å²) in [5.74, 6) is -0.642. The Balaban J connectivity index is 2.28. The Morgan fingerprint density at radius 2 is 2.06 bits per heavy atom. The highest BCUT2D eigenvalue weighted by Crippen LogP contribution is 2.28. The predicted octanol–water partition coefficient (Wildman–Crippen LogP) is 1.78. The minimum absolute atomic E-state index is 0.140. The molecule has 0 amide bonds. The van der Waals surface area contributed by atoms with Crippen LogP contribution < -0.4 is 4.90 Å². The first-order valence-electron chi connectivity index (χ1n) is 5.76. The minimum atomic E-state index is -1.02. The van der Waals surface area contributed by atoms with Crippen molar-refractivity contribution in [2.75, 3.05) is 18.0 Å². The van der Waals surface area contributed by atoms with Gasteiger partial charge in [-0.15, -0.1) is 0 Å². The van der Waals surface area contributed by atoms with Gasteiger partial charge >= 0.3 is 5.97 Å². The van der Waals surface area contributed by atoms with Crippen LogP contribution in [-0.4, -0.2) is 39.9 Å². The van der Waals surface area contributed by atoms with Crippen molar-refractivity contribution in [2.24, 2.45) is 0 Å². The zero-order valence-corrected chi connectivity index (χ0v) is 10.8. The number of carbonyl (C=O) groups is 1. The van der Waals surface area contributed by atoms with Crippen molar-refractivity contribution in [2.45, 2.75) is 25.4 Å². The van der Waals surface area contributed by atoms with Gasteiger partial charge in [0.15, 0.2) is 0 Å². The number of nitrogens with zero attached hydrogens (tertiary/aromatic N) is 2. The average molecular weight is 271 g/mol. The Bertz CT molecular complexity index is 466. The third-order valence-electron chi connectivity index (χ3n) is 3.21. The Hall–Kier alpha value is -1.33. The van der Waals surface area contributed by atoms with Crippen molar-refractivity contribution in [3.8, 4) is 0 Å². The Morgan fingerprint density at radius 1 is 1.44 bits per heavy atom. The highest BCUT2D eigenvalue weighted by Gasteiger charge is 2.29. The Labute approximate surface area is 110 Å². The van der Waals surface area contributed by atoms with Crippen LogP contribution in [0.4, 0.5) is 5.82 Å². The average Bonchev–Trinajstić information content (AvgIpc) is 2.28. The molecule has 98 valence electrons. The lowest BCUT2D eigenvalue weighted by Crippen LogP contribution is -2.43. The second-order valence-corrected chi connectivity index (χ2v) is 5.18. The molecule has 1 saturated heterocycles. The molecule has 0 aliphatic carbocycles. The number of rotatable bonds is 2. The van der Waals surface area contributed by atoms with E-state index < -0.39 is 11.6 Å².